The van der Waals surface area contributed by atoms with Crippen molar-refractivity contribution in [2.75, 3.05) is 26.7 Å². The third-order valence-electron chi connectivity index (χ3n) is 4.31. The van der Waals surface area contributed by atoms with E-state index in [0.717, 1.165) is 31.9 Å². The highest BCUT2D eigenvalue weighted by Crippen LogP contribution is 2.19. The number of allylic oxidation sites excluding steroid dienone is 1. The van der Waals surface area contributed by atoms with Crippen LogP contribution in [0.25, 0.3) is 0 Å². The molecule has 26 heavy (non-hydrogen) atoms. The zero-order valence-electron chi connectivity index (χ0n) is 15.6. The van der Waals surface area contributed by atoms with Crippen molar-refractivity contribution in [1.82, 2.24) is 16.0 Å². The molecule has 3 N–H and O–H groups in total. The second kappa shape index (κ2) is 13.6. The maximum absolute atomic E-state index is 11.9. The molecule has 0 bridgehead atoms. The molecule has 0 spiro atoms. The Morgan fingerprint density at radius 1 is 1.04 bits per heavy atom. The van der Waals surface area contributed by atoms with Crippen molar-refractivity contribution in [2.24, 2.45) is 4.99 Å². The number of halogens is 1. The Balaban J connectivity index is 0.00000338. The molecule has 6 heteroatoms. The first kappa shape index (κ1) is 22.5. The smallest absolute Gasteiger partial charge is 0.251 e. The highest BCUT2D eigenvalue weighted by Gasteiger charge is 2.05. The number of nitrogens with one attached hydrogen (secondary N) is 3. The summed E-state index contributed by atoms with van der Waals surface area (Å²) in [4.78, 5) is 16.2. The van der Waals surface area contributed by atoms with Crippen molar-refractivity contribution in [2.45, 2.75) is 38.5 Å². The summed E-state index contributed by atoms with van der Waals surface area (Å²) in [5.74, 6) is 0.801. The minimum atomic E-state index is -0.0242. The number of carbonyl (C=O) groups is 1. The normalized spacial score (nSPS) is 14.0. The summed E-state index contributed by atoms with van der Waals surface area (Å²) in [6.45, 7) is 2.33. The standard InChI is InChI=1S/C20H30N4O.HI/c1-21-20(24-16-13-17-9-4-2-5-10-17)23-15-8-14-22-19(25)18-11-6-3-7-12-18;/h3,6-7,9,11-12H,2,4-5,8,10,13-16H2,1H3,(H,22,25)(H2,21,23,24);1H. The molecule has 0 fully saturated rings. The van der Waals surface area contributed by atoms with Gasteiger partial charge in [-0.25, -0.2) is 0 Å². The van der Waals surface area contributed by atoms with Crippen molar-refractivity contribution < 1.29 is 4.79 Å². The number of hydrogen-bond acceptors (Lipinski definition) is 2. The summed E-state index contributed by atoms with van der Waals surface area (Å²) in [7, 11) is 1.78. The Kier molecular flexibility index (Phi) is 11.8. The molecule has 0 unspecified atom stereocenters. The molecule has 0 atom stereocenters. The van der Waals surface area contributed by atoms with Crippen LogP contribution in [0.3, 0.4) is 0 Å². The predicted molar refractivity (Wildman–Crippen MR) is 119 cm³/mol. The van der Waals surface area contributed by atoms with Gasteiger partial charge in [-0.3, -0.25) is 9.79 Å². The van der Waals surface area contributed by atoms with Crippen LogP contribution in [0.5, 0.6) is 0 Å². The number of amides is 1. The summed E-state index contributed by atoms with van der Waals surface area (Å²) < 4.78 is 0. The molecular weight excluding hydrogens is 439 g/mol. The van der Waals surface area contributed by atoms with Gasteiger partial charge in [0, 0.05) is 32.2 Å². The molecule has 0 aromatic heterocycles. The molecule has 0 aliphatic heterocycles. The molecule has 5 nitrogen and oxygen atoms in total. The van der Waals surface area contributed by atoms with E-state index in [1.54, 1.807) is 12.6 Å². The third kappa shape index (κ3) is 8.69. The predicted octanol–water partition coefficient (Wildman–Crippen LogP) is 3.48. The van der Waals surface area contributed by atoms with E-state index in [1.807, 2.05) is 30.3 Å². The van der Waals surface area contributed by atoms with Gasteiger partial charge in [0.1, 0.15) is 0 Å². The fraction of sp³-hybridized carbons (Fsp3) is 0.500. The van der Waals surface area contributed by atoms with E-state index in [1.165, 1.54) is 25.7 Å². The van der Waals surface area contributed by atoms with Crippen LogP contribution < -0.4 is 16.0 Å². The van der Waals surface area contributed by atoms with Gasteiger partial charge in [0.05, 0.1) is 0 Å². The number of rotatable bonds is 8. The van der Waals surface area contributed by atoms with Gasteiger partial charge in [0.25, 0.3) is 5.91 Å². The maximum atomic E-state index is 11.9. The number of nitrogens with zero attached hydrogens (tertiary/aromatic N) is 1. The van der Waals surface area contributed by atoms with Crippen molar-refractivity contribution in [3.8, 4) is 0 Å². The minimum Gasteiger partial charge on any atom is -0.356 e. The molecule has 1 aromatic rings. The van der Waals surface area contributed by atoms with Crippen LogP contribution in [-0.4, -0.2) is 38.5 Å². The van der Waals surface area contributed by atoms with Crippen molar-refractivity contribution in [3.05, 3.63) is 47.5 Å². The van der Waals surface area contributed by atoms with E-state index in [2.05, 4.69) is 27.0 Å². The van der Waals surface area contributed by atoms with Gasteiger partial charge < -0.3 is 16.0 Å². The summed E-state index contributed by atoms with van der Waals surface area (Å²) in [5.41, 5.74) is 2.27. The zero-order chi connectivity index (χ0) is 17.7. The number of guanidine groups is 1. The maximum Gasteiger partial charge on any atom is 0.251 e. The van der Waals surface area contributed by atoms with Crippen LogP contribution in [0, 0.1) is 0 Å². The summed E-state index contributed by atoms with van der Waals surface area (Å²) in [6.07, 6.45) is 9.47. The van der Waals surface area contributed by atoms with Gasteiger partial charge in [-0.2, -0.15) is 0 Å². The first-order chi connectivity index (χ1) is 12.3. The zero-order valence-corrected chi connectivity index (χ0v) is 17.9. The molecule has 0 heterocycles. The minimum absolute atomic E-state index is 0. The molecule has 2 rings (SSSR count). The molecule has 0 saturated carbocycles. The Morgan fingerprint density at radius 2 is 1.77 bits per heavy atom. The fourth-order valence-electron chi connectivity index (χ4n) is 2.88. The molecule has 1 amide bonds. The van der Waals surface area contributed by atoms with E-state index < -0.39 is 0 Å². The van der Waals surface area contributed by atoms with Crippen LogP contribution >= 0.6 is 24.0 Å². The highest BCUT2D eigenvalue weighted by atomic mass is 127. The van der Waals surface area contributed by atoms with Gasteiger partial charge in [0.2, 0.25) is 0 Å². The van der Waals surface area contributed by atoms with Gasteiger partial charge in [0.15, 0.2) is 5.96 Å². The van der Waals surface area contributed by atoms with E-state index in [9.17, 15) is 4.79 Å². The lowest BCUT2D eigenvalue weighted by molar-refractivity contribution is 0.0953. The van der Waals surface area contributed by atoms with E-state index >= 15 is 0 Å². The number of carbonyl (C=O) groups excluding carboxylic acids is 1. The quantitative estimate of drug-likeness (QED) is 0.179. The lowest BCUT2D eigenvalue weighted by Crippen LogP contribution is -2.39. The van der Waals surface area contributed by atoms with E-state index in [4.69, 9.17) is 0 Å². The van der Waals surface area contributed by atoms with Crippen LogP contribution in [0.2, 0.25) is 0 Å². The number of aliphatic imine (C=N–C) groups is 1. The summed E-state index contributed by atoms with van der Waals surface area (Å²) in [5, 5.41) is 9.57. The monoisotopic (exact) mass is 470 g/mol. The molecular formula is C20H31IN4O. The Morgan fingerprint density at radius 3 is 2.46 bits per heavy atom. The highest BCUT2D eigenvalue weighted by molar-refractivity contribution is 14.0. The second-order valence-electron chi connectivity index (χ2n) is 6.26. The van der Waals surface area contributed by atoms with Crippen molar-refractivity contribution >= 4 is 35.8 Å². The Hall–Kier alpha value is -1.57. The molecule has 1 aliphatic carbocycles. The third-order valence-corrected chi connectivity index (χ3v) is 4.31. The average molecular weight is 470 g/mol. The van der Waals surface area contributed by atoms with E-state index in [-0.39, 0.29) is 29.9 Å². The molecule has 144 valence electrons. The summed E-state index contributed by atoms with van der Waals surface area (Å²) in [6, 6.07) is 9.29. The second-order valence-corrected chi connectivity index (χ2v) is 6.26. The van der Waals surface area contributed by atoms with Gasteiger partial charge in [-0.05, 0) is 50.7 Å². The lowest BCUT2D eigenvalue weighted by atomic mass is 9.97. The average Bonchev–Trinajstić information content (AvgIpc) is 2.67. The first-order valence-corrected chi connectivity index (χ1v) is 9.25. The fourth-order valence-corrected chi connectivity index (χ4v) is 2.88. The Bertz CT molecular complexity index is 587. The van der Waals surface area contributed by atoms with Gasteiger partial charge >= 0.3 is 0 Å². The number of hydrogen-bond donors (Lipinski definition) is 3. The van der Waals surface area contributed by atoms with Gasteiger partial charge in [-0.1, -0.05) is 29.8 Å². The van der Waals surface area contributed by atoms with Crippen molar-refractivity contribution in [1.29, 1.82) is 0 Å². The lowest BCUT2D eigenvalue weighted by Gasteiger charge is -2.15. The van der Waals surface area contributed by atoms with E-state index in [0.29, 0.717) is 12.1 Å². The number of benzene rings is 1. The largest absolute Gasteiger partial charge is 0.356 e. The molecule has 1 aromatic carbocycles. The molecule has 0 radical (unpaired) electrons. The van der Waals surface area contributed by atoms with Gasteiger partial charge in [-0.15, -0.1) is 24.0 Å². The topological polar surface area (TPSA) is 65.5 Å². The first-order valence-electron chi connectivity index (χ1n) is 9.25. The van der Waals surface area contributed by atoms with Crippen LogP contribution in [0.4, 0.5) is 0 Å². The molecule has 0 saturated heterocycles. The Labute approximate surface area is 174 Å². The summed E-state index contributed by atoms with van der Waals surface area (Å²) >= 11 is 0. The van der Waals surface area contributed by atoms with Crippen LogP contribution in [0.1, 0.15) is 48.9 Å². The molecule has 1 aliphatic rings. The SMILES string of the molecule is CN=C(NCCCNC(=O)c1ccccc1)NCCC1=CCCCC1.I. The van der Waals surface area contributed by atoms with Crippen molar-refractivity contribution in [3.63, 3.8) is 0 Å². The van der Waals surface area contributed by atoms with Crippen LogP contribution in [-0.2, 0) is 0 Å². The van der Waals surface area contributed by atoms with Crippen LogP contribution in [0.15, 0.2) is 47.0 Å².